The summed E-state index contributed by atoms with van der Waals surface area (Å²) in [7, 11) is 0. The first kappa shape index (κ1) is 17.2. The molecule has 0 aliphatic carbocycles. The zero-order valence-corrected chi connectivity index (χ0v) is 13.8. The number of hydrogen-bond donors (Lipinski definition) is 3. The molecular weight excluding hydrogens is 330 g/mol. The Bertz CT molecular complexity index is 909. The molecule has 0 fully saturated rings. The Morgan fingerprint density at radius 1 is 0.923 bits per heavy atom. The Labute approximate surface area is 150 Å². The molecule has 1 heterocycles. The molecule has 2 amide bonds. The molecule has 2 aromatic carbocycles. The Hall–Kier alpha value is -3.67. The van der Waals surface area contributed by atoms with E-state index >= 15 is 0 Å². The summed E-state index contributed by atoms with van der Waals surface area (Å²) in [4.78, 5) is 28.1. The fraction of sp³-hybridized carbons (Fsp3) is 0.0500. The van der Waals surface area contributed by atoms with E-state index in [2.05, 4.69) is 15.6 Å². The van der Waals surface area contributed by atoms with Gasteiger partial charge in [0.05, 0.1) is 11.1 Å². The molecule has 0 radical (unpaired) electrons. The van der Waals surface area contributed by atoms with Gasteiger partial charge >= 0.3 is 0 Å². The first-order valence-corrected chi connectivity index (χ1v) is 8.00. The van der Waals surface area contributed by atoms with Gasteiger partial charge in [-0.25, -0.2) is 0 Å². The summed E-state index contributed by atoms with van der Waals surface area (Å²) < 4.78 is 0. The highest BCUT2D eigenvalue weighted by Crippen LogP contribution is 2.16. The third-order valence-electron chi connectivity index (χ3n) is 3.74. The minimum absolute atomic E-state index is 0.0570. The predicted octanol–water partition coefficient (Wildman–Crippen LogP) is 2.97. The normalized spacial score (nSPS) is 10.2. The van der Waals surface area contributed by atoms with Gasteiger partial charge in [-0.2, -0.15) is 0 Å². The van der Waals surface area contributed by atoms with Crippen LogP contribution in [0.3, 0.4) is 0 Å². The summed E-state index contributed by atoms with van der Waals surface area (Å²) in [5.74, 6) is -0.644. The minimum Gasteiger partial charge on any atom is -0.507 e. The van der Waals surface area contributed by atoms with Gasteiger partial charge in [0.1, 0.15) is 5.75 Å². The molecule has 0 spiro atoms. The fourth-order valence-electron chi connectivity index (χ4n) is 2.35. The number of phenols is 1. The van der Waals surface area contributed by atoms with Crippen LogP contribution in [0.4, 0.5) is 5.69 Å². The molecule has 6 nitrogen and oxygen atoms in total. The van der Waals surface area contributed by atoms with Crippen molar-refractivity contribution in [3.8, 4) is 5.75 Å². The van der Waals surface area contributed by atoms with Gasteiger partial charge in [0.2, 0.25) is 0 Å². The maximum Gasteiger partial charge on any atom is 0.257 e. The third-order valence-corrected chi connectivity index (χ3v) is 3.74. The number of para-hydroxylation sites is 1. The molecule has 0 bridgehead atoms. The molecule has 6 heteroatoms. The molecule has 3 aromatic rings. The van der Waals surface area contributed by atoms with Crippen molar-refractivity contribution in [3.05, 3.63) is 89.7 Å². The number of nitrogens with zero attached hydrogens (tertiary/aromatic N) is 1. The molecule has 0 saturated carbocycles. The monoisotopic (exact) mass is 347 g/mol. The van der Waals surface area contributed by atoms with E-state index < -0.39 is 0 Å². The Morgan fingerprint density at radius 3 is 2.38 bits per heavy atom. The minimum atomic E-state index is -0.350. The average Bonchev–Trinajstić information content (AvgIpc) is 2.68. The number of phenolic OH excluding ortho intramolecular Hbond substituents is 1. The van der Waals surface area contributed by atoms with Gasteiger partial charge in [-0.05, 0) is 42.0 Å². The Morgan fingerprint density at radius 2 is 1.69 bits per heavy atom. The van der Waals surface area contributed by atoms with E-state index in [4.69, 9.17) is 0 Å². The van der Waals surface area contributed by atoms with E-state index in [1.165, 1.54) is 12.3 Å². The molecule has 0 aliphatic heterocycles. The highest BCUT2D eigenvalue weighted by Gasteiger charge is 2.10. The van der Waals surface area contributed by atoms with Crippen LogP contribution in [0, 0.1) is 0 Å². The molecule has 130 valence electrons. The van der Waals surface area contributed by atoms with E-state index in [1.54, 1.807) is 48.7 Å². The number of nitrogens with one attached hydrogen (secondary N) is 2. The molecule has 0 unspecified atom stereocenters. The summed E-state index contributed by atoms with van der Waals surface area (Å²) in [6.07, 6.45) is 3.10. The maximum atomic E-state index is 12.1. The van der Waals surface area contributed by atoms with Gasteiger partial charge in [-0.3, -0.25) is 14.6 Å². The van der Waals surface area contributed by atoms with Crippen LogP contribution in [0.15, 0.2) is 73.1 Å². The van der Waals surface area contributed by atoms with Crippen LogP contribution in [-0.4, -0.2) is 21.9 Å². The first-order chi connectivity index (χ1) is 12.6. The summed E-state index contributed by atoms with van der Waals surface area (Å²) in [5, 5.41) is 15.2. The Kier molecular flexibility index (Phi) is 5.24. The van der Waals surface area contributed by atoms with Crippen molar-refractivity contribution in [1.82, 2.24) is 10.3 Å². The van der Waals surface area contributed by atoms with Crippen LogP contribution in [0.5, 0.6) is 5.75 Å². The van der Waals surface area contributed by atoms with Crippen molar-refractivity contribution in [2.24, 2.45) is 0 Å². The third kappa shape index (κ3) is 4.24. The first-order valence-electron chi connectivity index (χ1n) is 8.00. The second-order valence-electron chi connectivity index (χ2n) is 5.59. The molecule has 1 aromatic heterocycles. The number of aromatic nitrogens is 1. The number of pyridine rings is 1. The van der Waals surface area contributed by atoms with E-state index in [-0.39, 0.29) is 23.1 Å². The standard InChI is InChI=1S/C20H17N3O3/c24-18-6-2-1-5-17(18)20(26)22-12-14-7-9-16(10-8-14)23-19(25)15-4-3-11-21-13-15/h1-11,13,24H,12H2,(H,22,26)(H,23,25). The van der Waals surface area contributed by atoms with Crippen molar-refractivity contribution in [1.29, 1.82) is 0 Å². The van der Waals surface area contributed by atoms with Gasteiger partial charge < -0.3 is 15.7 Å². The van der Waals surface area contributed by atoms with Crippen molar-refractivity contribution in [2.75, 3.05) is 5.32 Å². The van der Waals surface area contributed by atoms with Crippen LogP contribution >= 0.6 is 0 Å². The molecule has 3 rings (SSSR count). The van der Waals surface area contributed by atoms with Crippen molar-refractivity contribution in [2.45, 2.75) is 6.54 Å². The molecule has 0 atom stereocenters. The number of benzene rings is 2. The zero-order valence-electron chi connectivity index (χ0n) is 13.8. The molecule has 0 saturated heterocycles. The van der Waals surface area contributed by atoms with Crippen molar-refractivity contribution in [3.63, 3.8) is 0 Å². The number of amides is 2. The lowest BCUT2D eigenvalue weighted by Gasteiger charge is -2.08. The molecule has 26 heavy (non-hydrogen) atoms. The summed E-state index contributed by atoms with van der Waals surface area (Å²) in [5.41, 5.74) is 2.22. The van der Waals surface area contributed by atoms with Gasteiger partial charge in [0, 0.05) is 24.6 Å². The number of carbonyl (C=O) groups excluding carboxylic acids is 2. The number of hydrogen-bond acceptors (Lipinski definition) is 4. The molecule has 3 N–H and O–H groups in total. The topological polar surface area (TPSA) is 91.3 Å². The highest BCUT2D eigenvalue weighted by molar-refractivity contribution is 6.04. The second-order valence-corrected chi connectivity index (χ2v) is 5.59. The van der Waals surface area contributed by atoms with E-state index in [9.17, 15) is 14.7 Å². The average molecular weight is 347 g/mol. The van der Waals surface area contributed by atoms with E-state index in [1.807, 2.05) is 12.1 Å². The number of rotatable bonds is 5. The SMILES string of the molecule is O=C(Nc1ccc(CNC(=O)c2ccccc2O)cc1)c1cccnc1. The lowest BCUT2D eigenvalue weighted by atomic mass is 10.1. The highest BCUT2D eigenvalue weighted by atomic mass is 16.3. The molecular formula is C20H17N3O3. The lowest BCUT2D eigenvalue weighted by Crippen LogP contribution is -2.22. The van der Waals surface area contributed by atoms with Crippen molar-refractivity contribution < 1.29 is 14.7 Å². The summed E-state index contributed by atoms with van der Waals surface area (Å²) in [6, 6.07) is 16.9. The van der Waals surface area contributed by atoms with Gasteiger partial charge in [-0.1, -0.05) is 24.3 Å². The molecule has 0 aliphatic rings. The second kappa shape index (κ2) is 7.94. The fourth-order valence-corrected chi connectivity index (χ4v) is 2.35. The van der Waals surface area contributed by atoms with E-state index in [0.717, 1.165) is 5.56 Å². The number of carbonyl (C=O) groups is 2. The van der Waals surface area contributed by atoms with Crippen LogP contribution in [0.2, 0.25) is 0 Å². The van der Waals surface area contributed by atoms with E-state index in [0.29, 0.717) is 17.8 Å². The maximum absolute atomic E-state index is 12.1. The van der Waals surface area contributed by atoms with Gasteiger partial charge in [0.25, 0.3) is 11.8 Å². The van der Waals surface area contributed by atoms with Crippen LogP contribution < -0.4 is 10.6 Å². The van der Waals surface area contributed by atoms with Gasteiger partial charge in [-0.15, -0.1) is 0 Å². The summed E-state index contributed by atoms with van der Waals surface area (Å²) in [6.45, 7) is 0.310. The summed E-state index contributed by atoms with van der Waals surface area (Å²) >= 11 is 0. The van der Waals surface area contributed by atoms with Crippen LogP contribution in [-0.2, 0) is 6.54 Å². The number of anilines is 1. The van der Waals surface area contributed by atoms with Crippen LogP contribution in [0.1, 0.15) is 26.3 Å². The Balaban J connectivity index is 1.57. The predicted molar refractivity (Wildman–Crippen MR) is 97.9 cm³/mol. The van der Waals surface area contributed by atoms with Crippen molar-refractivity contribution >= 4 is 17.5 Å². The largest absolute Gasteiger partial charge is 0.507 e. The smallest absolute Gasteiger partial charge is 0.257 e. The van der Waals surface area contributed by atoms with Gasteiger partial charge in [0.15, 0.2) is 0 Å². The van der Waals surface area contributed by atoms with Crippen LogP contribution in [0.25, 0.3) is 0 Å². The lowest BCUT2D eigenvalue weighted by molar-refractivity contribution is 0.0947. The quantitative estimate of drug-likeness (QED) is 0.662. The number of aromatic hydroxyl groups is 1. The zero-order chi connectivity index (χ0) is 18.4.